The van der Waals surface area contributed by atoms with Crippen molar-refractivity contribution in [2.45, 2.75) is 19.0 Å². The zero-order chi connectivity index (χ0) is 14.8. The first kappa shape index (κ1) is 13.6. The molecular weight excluding hydrogens is 268 g/mol. The number of benzene rings is 2. The zero-order valence-electron chi connectivity index (χ0n) is 11.5. The number of phenolic OH excluding ortho intramolecular Hbond substituents is 2. The second-order valence-electron chi connectivity index (χ2n) is 5.27. The molecule has 110 valence electrons. The monoisotopic (exact) mass is 286 g/mol. The first-order chi connectivity index (χ1) is 10.1. The van der Waals surface area contributed by atoms with Gasteiger partial charge in [-0.05, 0) is 53.9 Å². The van der Waals surface area contributed by atoms with Crippen molar-refractivity contribution in [1.82, 2.24) is 5.32 Å². The topological polar surface area (TPSA) is 87.7 Å². The van der Waals surface area contributed by atoms with Gasteiger partial charge >= 0.3 is 0 Å². The summed E-state index contributed by atoms with van der Waals surface area (Å²) in [4.78, 5) is 0. The Morgan fingerprint density at radius 1 is 1.10 bits per heavy atom. The van der Waals surface area contributed by atoms with E-state index in [1.54, 1.807) is 24.3 Å². The van der Waals surface area contributed by atoms with Crippen molar-refractivity contribution < 1.29 is 14.9 Å². The highest BCUT2D eigenvalue weighted by molar-refractivity contribution is 5.46. The van der Waals surface area contributed by atoms with Gasteiger partial charge in [0.2, 0.25) is 0 Å². The van der Waals surface area contributed by atoms with Crippen LogP contribution in [0.5, 0.6) is 17.2 Å². The van der Waals surface area contributed by atoms with Crippen molar-refractivity contribution in [2.75, 3.05) is 12.3 Å². The van der Waals surface area contributed by atoms with Crippen LogP contribution in [0.2, 0.25) is 0 Å². The van der Waals surface area contributed by atoms with E-state index in [4.69, 9.17) is 10.5 Å². The van der Waals surface area contributed by atoms with Gasteiger partial charge in [-0.3, -0.25) is 0 Å². The molecule has 3 rings (SSSR count). The number of phenols is 2. The fraction of sp³-hybridized carbons (Fsp3) is 0.250. The van der Waals surface area contributed by atoms with Crippen LogP contribution >= 0.6 is 0 Å². The fourth-order valence-corrected chi connectivity index (χ4v) is 2.49. The molecule has 2 aromatic rings. The smallest absolute Gasteiger partial charge is 0.157 e. The van der Waals surface area contributed by atoms with Gasteiger partial charge in [-0.2, -0.15) is 0 Å². The Morgan fingerprint density at radius 3 is 2.48 bits per heavy atom. The zero-order valence-corrected chi connectivity index (χ0v) is 11.5. The van der Waals surface area contributed by atoms with E-state index in [-0.39, 0.29) is 17.5 Å². The molecule has 0 bridgehead atoms. The number of anilines is 1. The van der Waals surface area contributed by atoms with Gasteiger partial charge < -0.3 is 26.0 Å². The lowest BCUT2D eigenvalue weighted by Gasteiger charge is -2.26. The van der Waals surface area contributed by atoms with E-state index >= 15 is 0 Å². The maximum Gasteiger partial charge on any atom is 0.157 e. The molecule has 5 N–H and O–H groups in total. The largest absolute Gasteiger partial charge is 0.504 e. The van der Waals surface area contributed by atoms with Crippen LogP contribution < -0.4 is 15.8 Å². The molecule has 5 nitrogen and oxygen atoms in total. The summed E-state index contributed by atoms with van der Waals surface area (Å²) in [5.41, 5.74) is 8.39. The van der Waals surface area contributed by atoms with E-state index in [2.05, 4.69) is 5.32 Å². The van der Waals surface area contributed by atoms with E-state index in [1.165, 1.54) is 0 Å². The number of aromatic hydroxyl groups is 2. The molecule has 0 aliphatic carbocycles. The molecule has 0 spiro atoms. The van der Waals surface area contributed by atoms with E-state index in [9.17, 15) is 10.2 Å². The summed E-state index contributed by atoms with van der Waals surface area (Å²) in [6.07, 6.45) is 0.748. The maximum atomic E-state index is 9.58. The summed E-state index contributed by atoms with van der Waals surface area (Å²) in [6, 6.07) is 10.7. The molecule has 0 amide bonds. The highest BCUT2D eigenvalue weighted by Gasteiger charge is 2.20. The Labute approximate surface area is 123 Å². The summed E-state index contributed by atoms with van der Waals surface area (Å²) in [7, 11) is 0. The van der Waals surface area contributed by atoms with Crippen molar-refractivity contribution in [3.63, 3.8) is 0 Å². The summed E-state index contributed by atoms with van der Waals surface area (Å²) in [5, 5.41) is 22.4. The van der Waals surface area contributed by atoms with Crippen molar-refractivity contribution in [1.29, 1.82) is 0 Å². The number of rotatable bonds is 3. The molecule has 0 saturated heterocycles. The van der Waals surface area contributed by atoms with Crippen molar-refractivity contribution in [2.24, 2.45) is 0 Å². The van der Waals surface area contributed by atoms with E-state index in [0.29, 0.717) is 18.8 Å². The summed E-state index contributed by atoms with van der Waals surface area (Å²) in [5.74, 6) is 0.631. The van der Waals surface area contributed by atoms with E-state index in [0.717, 1.165) is 23.3 Å². The molecule has 0 fully saturated rings. The van der Waals surface area contributed by atoms with Crippen LogP contribution in [-0.4, -0.2) is 22.9 Å². The van der Waals surface area contributed by atoms with Crippen LogP contribution in [0.3, 0.4) is 0 Å². The number of nitrogen functional groups attached to an aromatic ring is 1. The summed E-state index contributed by atoms with van der Waals surface area (Å²) >= 11 is 0. The summed E-state index contributed by atoms with van der Waals surface area (Å²) < 4.78 is 5.74. The van der Waals surface area contributed by atoms with Crippen LogP contribution in [0.25, 0.3) is 0 Å². The van der Waals surface area contributed by atoms with Gasteiger partial charge in [0.05, 0.1) is 0 Å². The Kier molecular flexibility index (Phi) is 3.58. The van der Waals surface area contributed by atoms with Crippen LogP contribution in [0, 0.1) is 0 Å². The molecule has 1 aliphatic rings. The van der Waals surface area contributed by atoms with Gasteiger partial charge in [-0.15, -0.1) is 0 Å². The molecule has 21 heavy (non-hydrogen) atoms. The first-order valence-electron chi connectivity index (χ1n) is 6.87. The number of hydrogen-bond donors (Lipinski definition) is 4. The third-order valence-corrected chi connectivity index (χ3v) is 3.68. The average molecular weight is 286 g/mol. The quantitative estimate of drug-likeness (QED) is 0.510. The number of hydrogen-bond acceptors (Lipinski definition) is 5. The molecule has 2 aromatic carbocycles. The summed E-state index contributed by atoms with van der Waals surface area (Å²) in [6.45, 7) is 1.18. The maximum absolute atomic E-state index is 9.58. The SMILES string of the molecule is Nc1ccc(OCC2Cc3cc(O)c(O)cc3CN2)cc1. The standard InChI is InChI=1S/C16H18N2O3/c17-12-1-3-14(4-2-12)21-9-13-5-10-6-15(19)16(20)7-11(10)8-18-13/h1-4,6-7,13,18-20H,5,8-9,17H2. The molecule has 0 aromatic heterocycles. The first-order valence-corrected chi connectivity index (χ1v) is 6.87. The van der Waals surface area contributed by atoms with Crippen molar-refractivity contribution in [3.8, 4) is 17.2 Å². The molecule has 1 unspecified atom stereocenters. The van der Waals surface area contributed by atoms with Crippen molar-refractivity contribution in [3.05, 3.63) is 47.5 Å². The minimum atomic E-state index is -0.0767. The van der Waals surface area contributed by atoms with Gasteiger partial charge in [0.1, 0.15) is 12.4 Å². The Hall–Kier alpha value is -2.40. The normalized spacial score (nSPS) is 17.2. The second-order valence-corrected chi connectivity index (χ2v) is 5.27. The van der Waals surface area contributed by atoms with Crippen LogP contribution in [0.4, 0.5) is 5.69 Å². The molecule has 1 heterocycles. The van der Waals surface area contributed by atoms with Gasteiger partial charge in [0.15, 0.2) is 11.5 Å². The van der Waals surface area contributed by atoms with Crippen LogP contribution in [-0.2, 0) is 13.0 Å². The van der Waals surface area contributed by atoms with E-state index < -0.39 is 0 Å². The third kappa shape index (κ3) is 3.03. The number of ether oxygens (including phenoxy) is 1. The minimum absolute atomic E-state index is 0.0751. The van der Waals surface area contributed by atoms with Crippen molar-refractivity contribution >= 4 is 5.69 Å². The second kappa shape index (κ2) is 5.54. The fourth-order valence-electron chi connectivity index (χ4n) is 2.49. The minimum Gasteiger partial charge on any atom is -0.504 e. The molecule has 0 radical (unpaired) electrons. The Balaban J connectivity index is 1.63. The highest BCUT2D eigenvalue weighted by Crippen LogP contribution is 2.30. The van der Waals surface area contributed by atoms with E-state index in [1.807, 2.05) is 12.1 Å². The molecule has 1 atom stereocenters. The predicted molar refractivity (Wildman–Crippen MR) is 80.5 cm³/mol. The predicted octanol–water partition coefficient (Wildman–Crippen LogP) is 1.77. The third-order valence-electron chi connectivity index (χ3n) is 3.68. The van der Waals surface area contributed by atoms with Gasteiger partial charge in [0.25, 0.3) is 0 Å². The lowest BCUT2D eigenvalue weighted by atomic mass is 9.95. The van der Waals surface area contributed by atoms with Crippen LogP contribution in [0.15, 0.2) is 36.4 Å². The lowest BCUT2D eigenvalue weighted by Crippen LogP contribution is -2.39. The van der Waals surface area contributed by atoms with Gasteiger partial charge in [-0.25, -0.2) is 0 Å². The highest BCUT2D eigenvalue weighted by atomic mass is 16.5. The van der Waals surface area contributed by atoms with Crippen LogP contribution in [0.1, 0.15) is 11.1 Å². The lowest BCUT2D eigenvalue weighted by molar-refractivity contribution is 0.256. The number of fused-ring (bicyclic) bond motifs is 1. The Bertz CT molecular complexity index is 641. The van der Waals surface area contributed by atoms with Gasteiger partial charge in [0, 0.05) is 18.3 Å². The number of nitrogens with two attached hydrogens (primary N) is 1. The molecule has 5 heteroatoms. The number of nitrogens with one attached hydrogen (secondary N) is 1. The van der Waals surface area contributed by atoms with Gasteiger partial charge in [-0.1, -0.05) is 0 Å². The molecular formula is C16H18N2O3. The average Bonchev–Trinajstić information content (AvgIpc) is 2.48. The molecule has 1 aliphatic heterocycles. The molecule has 0 saturated carbocycles. The Morgan fingerprint density at radius 2 is 1.76 bits per heavy atom.